The van der Waals surface area contributed by atoms with Gasteiger partial charge in [0.1, 0.15) is 0 Å². The molecule has 1 amide bonds. The molecule has 1 aromatic heterocycles. The second-order valence-corrected chi connectivity index (χ2v) is 2.63. The van der Waals surface area contributed by atoms with E-state index in [4.69, 9.17) is 0 Å². The zero-order valence-electron chi connectivity index (χ0n) is 8.51. The molecule has 0 unspecified atom stereocenters. The lowest BCUT2D eigenvalue weighted by atomic mass is 10.5. The van der Waals surface area contributed by atoms with E-state index in [0.29, 0.717) is 0 Å². The van der Waals surface area contributed by atoms with Crippen molar-refractivity contribution in [3.05, 3.63) is 18.5 Å². The highest BCUT2D eigenvalue weighted by molar-refractivity contribution is 6.37. The summed E-state index contributed by atoms with van der Waals surface area (Å²) in [6.45, 7) is 1.79. The average molecular weight is 209 g/mol. The third-order valence-corrected chi connectivity index (χ3v) is 1.61. The van der Waals surface area contributed by atoms with Crippen LogP contribution in [0.1, 0.15) is 6.92 Å². The van der Waals surface area contributed by atoms with Crippen molar-refractivity contribution in [1.29, 1.82) is 0 Å². The lowest BCUT2D eigenvalue weighted by Crippen LogP contribution is -2.35. The lowest BCUT2D eigenvalue weighted by molar-refractivity contribution is -0.153. The van der Waals surface area contributed by atoms with E-state index in [1.165, 1.54) is 19.4 Å². The van der Waals surface area contributed by atoms with Crippen LogP contribution in [0.15, 0.2) is 18.5 Å². The third-order valence-electron chi connectivity index (χ3n) is 1.61. The van der Waals surface area contributed by atoms with Crippen molar-refractivity contribution in [1.82, 2.24) is 9.97 Å². The Hall–Kier alpha value is -1.98. The first-order chi connectivity index (χ1) is 7.16. The predicted molar refractivity (Wildman–Crippen MR) is 52.1 cm³/mol. The molecule has 80 valence electrons. The first kappa shape index (κ1) is 11.1. The number of hydrogen-bond donors (Lipinski definition) is 0. The molecule has 0 saturated heterocycles. The number of hydrogen-bond acceptors (Lipinski definition) is 5. The molecule has 0 spiro atoms. The van der Waals surface area contributed by atoms with Crippen LogP contribution in [0.3, 0.4) is 0 Å². The van der Waals surface area contributed by atoms with Crippen molar-refractivity contribution >= 4 is 17.8 Å². The van der Waals surface area contributed by atoms with Gasteiger partial charge in [0.25, 0.3) is 0 Å². The SMILES string of the molecule is CCOC(=O)C(=O)N(C)c1ncccn1. The Labute approximate surface area is 86.9 Å². The topological polar surface area (TPSA) is 72.4 Å². The highest BCUT2D eigenvalue weighted by Gasteiger charge is 2.22. The summed E-state index contributed by atoms with van der Waals surface area (Å²) in [6.07, 6.45) is 2.97. The van der Waals surface area contributed by atoms with Gasteiger partial charge < -0.3 is 4.74 Å². The summed E-state index contributed by atoms with van der Waals surface area (Å²) in [5.41, 5.74) is 0. The van der Waals surface area contributed by atoms with Crippen LogP contribution >= 0.6 is 0 Å². The Kier molecular flexibility index (Phi) is 3.73. The van der Waals surface area contributed by atoms with Gasteiger partial charge in [-0.15, -0.1) is 0 Å². The molecule has 6 nitrogen and oxygen atoms in total. The van der Waals surface area contributed by atoms with Gasteiger partial charge >= 0.3 is 11.9 Å². The van der Waals surface area contributed by atoms with Crippen molar-refractivity contribution in [3.8, 4) is 0 Å². The first-order valence-electron chi connectivity index (χ1n) is 4.38. The van der Waals surface area contributed by atoms with Gasteiger partial charge in [-0.05, 0) is 13.0 Å². The molecule has 0 atom stereocenters. The minimum Gasteiger partial charge on any atom is -0.459 e. The molecule has 6 heteroatoms. The van der Waals surface area contributed by atoms with E-state index >= 15 is 0 Å². The van der Waals surface area contributed by atoms with Gasteiger partial charge in [-0.2, -0.15) is 0 Å². The van der Waals surface area contributed by atoms with Crippen molar-refractivity contribution in [2.45, 2.75) is 6.92 Å². The molecule has 0 fully saturated rings. The van der Waals surface area contributed by atoms with Crippen LogP contribution in [0.4, 0.5) is 5.95 Å². The fourth-order valence-corrected chi connectivity index (χ4v) is 0.885. The summed E-state index contributed by atoms with van der Waals surface area (Å²) in [4.78, 5) is 31.2. The van der Waals surface area contributed by atoms with Crippen molar-refractivity contribution < 1.29 is 14.3 Å². The number of aromatic nitrogens is 2. The maximum Gasteiger partial charge on any atom is 0.397 e. The Morgan fingerprint density at radius 1 is 1.40 bits per heavy atom. The maximum atomic E-state index is 11.4. The van der Waals surface area contributed by atoms with Crippen LogP contribution in [0, 0.1) is 0 Å². The molecule has 1 heterocycles. The number of nitrogens with zero attached hydrogens (tertiary/aromatic N) is 3. The second-order valence-electron chi connectivity index (χ2n) is 2.63. The smallest absolute Gasteiger partial charge is 0.397 e. The fourth-order valence-electron chi connectivity index (χ4n) is 0.885. The highest BCUT2D eigenvalue weighted by Crippen LogP contribution is 2.02. The Balaban J connectivity index is 2.73. The first-order valence-corrected chi connectivity index (χ1v) is 4.38. The van der Waals surface area contributed by atoms with Crippen LogP contribution in [0.5, 0.6) is 0 Å². The Morgan fingerprint density at radius 2 is 2.00 bits per heavy atom. The van der Waals surface area contributed by atoms with Crippen LogP contribution in [0.2, 0.25) is 0 Å². The molecule has 0 aliphatic carbocycles. The van der Waals surface area contributed by atoms with Crippen molar-refractivity contribution in [2.75, 3.05) is 18.6 Å². The largest absolute Gasteiger partial charge is 0.459 e. The van der Waals surface area contributed by atoms with Gasteiger partial charge in [0, 0.05) is 19.4 Å². The molecule has 0 bridgehead atoms. The van der Waals surface area contributed by atoms with E-state index in [1.807, 2.05) is 0 Å². The number of rotatable bonds is 2. The molecular weight excluding hydrogens is 198 g/mol. The predicted octanol–water partition coefficient (Wildman–Crippen LogP) is 0.00250. The second kappa shape index (κ2) is 5.04. The van der Waals surface area contributed by atoms with Gasteiger partial charge in [0.05, 0.1) is 6.61 Å². The summed E-state index contributed by atoms with van der Waals surface area (Å²) in [5.74, 6) is -1.54. The quantitative estimate of drug-likeness (QED) is 0.506. The molecular formula is C9H11N3O3. The summed E-state index contributed by atoms with van der Waals surface area (Å²) in [6, 6.07) is 1.62. The zero-order valence-corrected chi connectivity index (χ0v) is 8.51. The van der Waals surface area contributed by atoms with E-state index in [-0.39, 0.29) is 12.6 Å². The Bertz CT molecular complexity index is 353. The molecule has 0 aliphatic heterocycles. The van der Waals surface area contributed by atoms with Gasteiger partial charge in [-0.3, -0.25) is 9.69 Å². The average Bonchev–Trinajstić information content (AvgIpc) is 2.28. The Morgan fingerprint density at radius 3 is 2.53 bits per heavy atom. The number of carbonyl (C=O) groups is 2. The number of likely N-dealkylation sites (N-methyl/N-ethyl adjacent to an activating group) is 1. The maximum absolute atomic E-state index is 11.4. The van der Waals surface area contributed by atoms with Crippen molar-refractivity contribution in [2.24, 2.45) is 0 Å². The molecule has 0 aliphatic rings. The number of ether oxygens (including phenoxy) is 1. The van der Waals surface area contributed by atoms with Gasteiger partial charge in [-0.25, -0.2) is 14.8 Å². The number of anilines is 1. The number of amides is 1. The molecule has 15 heavy (non-hydrogen) atoms. The number of carbonyl (C=O) groups excluding carboxylic acids is 2. The van der Waals surface area contributed by atoms with E-state index < -0.39 is 11.9 Å². The highest BCUT2D eigenvalue weighted by atomic mass is 16.5. The standard InChI is InChI=1S/C9H11N3O3/c1-3-15-8(14)7(13)12(2)9-10-5-4-6-11-9/h4-6H,3H2,1-2H3. The third kappa shape index (κ3) is 2.73. The van der Waals surface area contributed by atoms with E-state index in [9.17, 15) is 9.59 Å². The fraction of sp³-hybridized carbons (Fsp3) is 0.333. The molecule has 0 radical (unpaired) electrons. The van der Waals surface area contributed by atoms with Gasteiger partial charge in [0.2, 0.25) is 5.95 Å². The summed E-state index contributed by atoms with van der Waals surface area (Å²) in [7, 11) is 1.41. The summed E-state index contributed by atoms with van der Waals surface area (Å²) < 4.78 is 4.56. The summed E-state index contributed by atoms with van der Waals surface area (Å²) >= 11 is 0. The minimum absolute atomic E-state index is 0.161. The van der Waals surface area contributed by atoms with E-state index in [0.717, 1.165) is 4.90 Å². The van der Waals surface area contributed by atoms with E-state index in [2.05, 4.69) is 14.7 Å². The number of esters is 1. The van der Waals surface area contributed by atoms with Gasteiger partial charge in [0.15, 0.2) is 0 Å². The summed E-state index contributed by atoms with van der Waals surface area (Å²) in [5, 5.41) is 0. The van der Waals surface area contributed by atoms with Crippen LogP contribution in [-0.2, 0) is 14.3 Å². The van der Waals surface area contributed by atoms with Crippen LogP contribution < -0.4 is 4.90 Å². The lowest BCUT2D eigenvalue weighted by Gasteiger charge is -2.12. The molecule has 0 N–H and O–H groups in total. The molecule has 1 aromatic rings. The molecule has 0 saturated carbocycles. The van der Waals surface area contributed by atoms with Crippen molar-refractivity contribution in [3.63, 3.8) is 0 Å². The van der Waals surface area contributed by atoms with Crippen LogP contribution in [0.25, 0.3) is 0 Å². The van der Waals surface area contributed by atoms with Gasteiger partial charge in [-0.1, -0.05) is 0 Å². The normalized spacial score (nSPS) is 9.47. The van der Waals surface area contributed by atoms with Crippen LogP contribution in [-0.4, -0.2) is 35.5 Å². The molecule has 0 aromatic carbocycles. The zero-order chi connectivity index (χ0) is 11.3. The van der Waals surface area contributed by atoms with E-state index in [1.54, 1.807) is 13.0 Å². The minimum atomic E-state index is -0.910. The monoisotopic (exact) mass is 209 g/mol. The molecule has 1 rings (SSSR count).